The van der Waals surface area contributed by atoms with E-state index in [1.54, 1.807) is 55.5 Å². The van der Waals surface area contributed by atoms with Crippen molar-refractivity contribution in [3.63, 3.8) is 0 Å². The maximum absolute atomic E-state index is 13.3. The van der Waals surface area contributed by atoms with Crippen molar-refractivity contribution in [2.75, 3.05) is 33.0 Å². The van der Waals surface area contributed by atoms with Gasteiger partial charge < -0.3 is 28.4 Å². The van der Waals surface area contributed by atoms with E-state index in [1.165, 1.54) is 17.2 Å². The van der Waals surface area contributed by atoms with Gasteiger partial charge in [-0.3, -0.25) is 9.59 Å². The fourth-order valence-electron chi connectivity index (χ4n) is 8.34. The van der Waals surface area contributed by atoms with E-state index in [-0.39, 0.29) is 35.8 Å². The largest absolute Gasteiger partial charge is 0.494 e. The van der Waals surface area contributed by atoms with Gasteiger partial charge in [0.2, 0.25) is 0 Å². The number of azo groups is 1. The van der Waals surface area contributed by atoms with Crippen LogP contribution in [0.2, 0.25) is 0 Å². The Morgan fingerprint density at radius 1 is 0.571 bits per heavy atom. The number of hydrogen-bond acceptors (Lipinski definition) is 13. The Balaban J connectivity index is 1.03. The Hall–Kier alpha value is -6.81. The lowest BCUT2D eigenvalue weighted by atomic mass is 9.72. The highest BCUT2D eigenvalue weighted by molar-refractivity contribution is 5.91. The summed E-state index contributed by atoms with van der Waals surface area (Å²) >= 11 is 0. The van der Waals surface area contributed by atoms with Gasteiger partial charge in [0.25, 0.3) is 0 Å². The Morgan fingerprint density at radius 3 is 1.60 bits per heavy atom. The molecule has 0 saturated carbocycles. The zero-order valence-electron chi connectivity index (χ0n) is 47.9. The molecule has 0 bridgehead atoms. The summed E-state index contributed by atoms with van der Waals surface area (Å²) < 4.78 is 33.9. The molecule has 0 amide bonds. The number of ether oxygens (including phenoxy) is 6. The van der Waals surface area contributed by atoms with Crippen molar-refractivity contribution in [1.29, 1.82) is 5.26 Å². The summed E-state index contributed by atoms with van der Waals surface area (Å²) in [6.07, 6.45) is 13.1. The van der Waals surface area contributed by atoms with Gasteiger partial charge in [0, 0.05) is 6.08 Å². The lowest BCUT2D eigenvalue weighted by molar-refractivity contribution is -0.163. The number of rotatable bonds is 31. The number of esters is 4. The van der Waals surface area contributed by atoms with Crippen LogP contribution in [0, 0.1) is 29.1 Å². The molecule has 4 aromatic carbocycles. The minimum atomic E-state index is -0.859. The highest BCUT2D eigenvalue weighted by Crippen LogP contribution is 2.39. The molecule has 4 aromatic rings. The molecule has 0 aliphatic rings. The smallest absolute Gasteiger partial charge is 0.343 e. The summed E-state index contributed by atoms with van der Waals surface area (Å²) in [4.78, 5) is 51.1. The zero-order chi connectivity index (χ0) is 56.5. The molecule has 0 aliphatic heterocycles. The van der Waals surface area contributed by atoms with Gasteiger partial charge in [0.05, 0.1) is 66.7 Å². The summed E-state index contributed by atoms with van der Waals surface area (Å²) in [6, 6.07) is 28.1. The summed E-state index contributed by atoms with van der Waals surface area (Å²) in [5, 5.41) is 17.7. The summed E-state index contributed by atoms with van der Waals surface area (Å²) in [5.74, 6) is 0.213. The van der Waals surface area contributed by atoms with Gasteiger partial charge in [0.1, 0.15) is 23.9 Å². The quantitative estimate of drug-likeness (QED) is 0.0117. The molecular formula is C64H85N3O10. The molecule has 1 atom stereocenters. The van der Waals surface area contributed by atoms with E-state index in [0.717, 1.165) is 80.5 Å². The summed E-state index contributed by atoms with van der Waals surface area (Å²) in [6.45, 7) is 24.4. The van der Waals surface area contributed by atoms with Gasteiger partial charge in [-0.2, -0.15) is 15.5 Å². The number of hydrogen-bond donors (Lipinski definition) is 0. The van der Waals surface area contributed by atoms with Gasteiger partial charge in [-0.25, -0.2) is 9.59 Å². The lowest BCUT2D eigenvalue weighted by Crippen LogP contribution is -2.38. The Kier molecular flexibility index (Phi) is 25.1. The van der Waals surface area contributed by atoms with Crippen LogP contribution in [0.3, 0.4) is 0 Å². The maximum Gasteiger partial charge on any atom is 0.343 e. The van der Waals surface area contributed by atoms with Gasteiger partial charge in [0.15, 0.2) is 0 Å². The number of aryl methyl sites for hydroxylation is 1. The van der Waals surface area contributed by atoms with E-state index in [1.807, 2.05) is 58.0 Å². The average Bonchev–Trinajstić information content (AvgIpc) is 3.39. The Labute approximate surface area is 459 Å². The molecule has 0 saturated heterocycles. The van der Waals surface area contributed by atoms with Crippen LogP contribution in [0.25, 0.3) is 6.08 Å². The maximum atomic E-state index is 13.3. The molecule has 0 heterocycles. The van der Waals surface area contributed by atoms with E-state index in [9.17, 15) is 19.2 Å². The highest BCUT2D eigenvalue weighted by Gasteiger charge is 2.43. The van der Waals surface area contributed by atoms with Gasteiger partial charge in [-0.15, -0.1) is 0 Å². The minimum Gasteiger partial charge on any atom is -0.494 e. The fraction of sp³-hybridized carbons (Fsp3) is 0.516. The van der Waals surface area contributed by atoms with Crippen LogP contribution in [-0.4, -0.2) is 56.9 Å². The van der Waals surface area contributed by atoms with Crippen LogP contribution >= 0.6 is 0 Å². The number of carbonyl (C=O) groups is 4. The number of unbranched alkanes of at least 4 members (excludes halogenated alkanes) is 8. The van der Waals surface area contributed by atoms with E-state index in [0.29, 0.717) is 68.3 Å². The number of benzene rings is 4. The van der Waals surface area contributed by atoms with Crippen molar-refractivity contribution in [3.8, 4) is 23.3 Å². The van der Waals surface area contributed by atoms with Crippen LogP contribution in [0.5, 0.6) is 17.2 Å². The first-order valence-electron chi connectivity index (χ1n) is 27.5. The molecule has 0 spiro atoms. The second kappa shape index (κ2) is 30.8. The molecule has 0 N–H and O–H groups in total. The minimum absolute atomic E-state index is 0.0124. The summed E-state index contributed by atoms with van der Waals surface area (Å²) in [7, 11) is 0. The van der Waals surface area contributed by atoms with Crippen LogP contribution < -0.4 is 14.2 Å². The Morgan fingerprint density at radius 2 is 1.08 bits per heavy atom. The second-order valence-corrected chi connectivity index (χ2v) is 22.8. The van der Waals surface area contributed by atoms with E-state index >= 15 is 0 Å². The lowest BCUT2D eigenvalue weighted by Gasteiger charge is -2.33. The Bertz CT molecular complexity index is 2580. The van der Waals surface area contributed by atoms with Gasteiger partial charge in [-0.05, 0) is 191 Å². The topological polar surface area (TPSA) is 172 Å². The molecule has 13 heteroatoms. The molecular weight excluding hydrogens is 971 g/mol. The number of nitrogens with zero attached hydrogens (tertiary/aromatic N) is 3. The second-order valence-electron chi connectivity index (χ2n) is 22.8. The van der Waals surface area contributed by atoms with Crippen LogP contribution in [0.15, 0.2) is 101 Å². The van der Waals surface area contributed by atoms with Crippen molar-refractivity contribution >= 4 is 41.3 Å². The molecule has 1 unspecified atom stereocenters. The summed E-state index contributed by atoms with van der Waals surface area (Å²) in [5.41, 5.74) is 4.30. The first-order valence-corrected chi connectivity index (χ1v) is 27.5. The first-order chi connectivity index (χ1) is 36.5. The predicted octanol–water partition coefficient (Wildman–Crippen LogP) is 16.0. The molecule has 0 radical (unpaired) electrons. The predicted molar refractivity (Wildman–Crippen MR) is 303 cm³/mol. The molecule has 4 rings (SSSR count). The number of carbonyl (C=O) groups excluding carboxylic acids is 4. The van der Waals surface area contributed by atoms with Crippen LogP contribution in [0.4, 0.5) is 11.4 Å². The third-order valence-electron chi connectivity index (χ3n) is 13.4. The SMILES string of the molecule is CCC(C)(CC(C)(C)C(=O)OCCCCCCOc1ccc(C(=O)Oc2ccc(/C=C/C(=O)OCCC#N)cc2C)cc1)C(=O)OCCCCCCCCOc1ccc(N=Nc2cc(C(C)(C)C)cc(C(C)(C)C)c2)cc1. The molecule has 416 valence electrons. The van der Waals surface area contributed by atoms with E-state index in [4.69, 9.17) is 33.7 Å². The van der Waals surface area contributed by atoms with Crippen molar-refractivity contribution in [1.82, 2.24) is 0 Å². The van der Waals surface area contributed by atoms with E-state index in [2.05, 4.69) is 70.0 Å². The van der Waals surface area contributed by atoms with Crippen LogP contribution in [0.1, 0.15) is 185 Å². The van der Waals surface area contributed by atoms with Gasteiger partial charge in [-0.1, -0.05) is 86.3 Å². The van der Waals surface area contributed by atoms with Crippen molar-refractivity contribution in [2.45, 2.75) is 170 Å². The zero-order valence-corrected chi connectivity index (χ0v) is 47.9. The molecule has 0 fully saturated rings. The third kappa shape index (κ3) is 22.4. The molecule has 13 nitrogen and oxygen atoms in total. The highest BCUT2D eigenvalue weighted by atomic mass is 16.5. The van der Waals surface area contributed by atoms with Crippen molar-refractivity contribution in [2.24, 2.45) is 21.1 Å². The molecule has 0 aliphatic carbocycles. The normalized spacial score (nSPS) is 12.7. The number of nitriles is 1. The molecule has 0 aromatic heterocycles. The van der Waals surface area contributed by atoms with E-state index < -0.39 is 22.8 Å². The average molecular weight is 1060 g/mol. The first kappa shape index (κ1) is 62.7. The van der Waals surface area contributed by atoms with Crippen molar-refractivity contribution in [3.05, 3.63) is 119 Å². The van der Waals surface area contributed by atoms with Crippen molar-refractivity contribution < 1.29 is 47.6 Å². The molecule has 77 heavy (non-hydrogen) atoms. The standard InChI is InChI=1S/C64H85N3O10/c1-12-64(11,60(71)76-40-21-16-14-13-15-19-37-73-55-32-28-52(29-33-55)66-67-53-44-50(61(3,4)5)43-51(45-53)62(6,7)8)46-63(9,10)59(70)75-39-22-18-17-20-38-72-54-30-26-49(27-31-54)58(69)77-56-34-24-48(42-47(56)2)25-35-57(68)74-41-23-36-65/h24-35,42-45H,12-23,37-41,46H2,1-11H3/b35-25+,67-66?. The monoisotopic (exact) mass is 1060 g/mol. The third-order valence-corrected chi connectivity index (χ3v) is 13.4. The van der Waals surface area contributed by atoms with Gasteiger partial charge >= 0.3 is 23.9 Å². The van der Waals surface area contributed by atoms with Crippen LogP contribution in [-0.2, 0) is 39.4 Å². The fourth-order valence-corrected chi connectivity index (χ4v) is 8.34.